The summed E-state index contributed by atoms with van der Waals surface area (Å²) in [5.41, 5.74) is 4.35. The minimum atomic E-state index is -2.64. The molecule has 8 nitrogen and oxygen atoms in total. The summed E-state index contributed by atoms with van der Waals surface area (Å²) >= 11 is -2.64. The first-order chi connectivity index (χ1) is 24.3. The first-order valence-electron chi connectivity index (χ1n) is 17.5. The molecule has 4 aromatic rings. The predicted molar refractivity (Wildman–Crippen MR) is 210 cm³/mol. The number of unbranched alkanes of at least 4 members (excludes halogenated alkanes) is 1. The molecule has 1 amide bonds. The van der Waals surface area contributed by atoms with Crippen molar-refractivity contribution < 1.29 is 28.5 Å². The Morgan fingerprint density at radius 2 is 1.49 bits per heavy atom. The summed E-state index contributed by atoms with van der Waals surface area (Å²) in [5, 5.41) is 13.0. The molecule has 1 atom stereocenters. The number of rotatable bonds is 17. The average molecular weight is 814 g/mol. The van der Waals surface area contributed by atoms with Gasteiger partial charge in [0.1, 0.15) is 11.8 Å². The third-order valence-corrected chi connectivity index (χ3v) is 18.0. The fourth-order valence-electron chi connectivity index (χ4n) is 5.79. The van der Waals surface area contributed by atoms with Gasteiger partial charge in [0.25, 0.3) is 0 Å². The predicted octanol–water partition coefficient (Wildman–Crippen LogP) is 8.30. The Hall–Kier alpha value is -4.27. The number of esters is 1. The number of hydrogen-bond donors (Lipinski definition) is 1. The van der Waals surface area contributed by atoms with Gasteiger partial charge >= 0.3 is 235 Å². The van der Waals surface area contributed by atoms with Crippen LogP contribution in [-0.4, -0.2) is 64.4 Å². The fraction of sp³-hybridized carbons (Fsp3) is 0.341. The molecular weight excluding hydrogens is 763 g/mol. The molecule has 0 saturated heterocycles. The zero-order valence-electron chi connectivity index (χ0n) is 30.7. The average Bonchev–Trinajstić information content (AvgIpc) is 3.10. The summed E-state index contributed by atoms with van der Waals surface area (Å²) in [4.78, 5) is 31.7. The van der Waals surface area contributed by atoms with Crippen LogP contribution in [0.2, 0.25) is 34.0 Å². The number of anilines is 1. The number of hydrogen-bond acceptors (Lipinski definition) is 7. The van der Waals surface area contributed by atoms with Crippen molar-refractivity contribution in [2.45, 2.75) is 66.2 Å². The van der Waals surface area contributed by atoms with Crippen molar-refractivity contribution in [3.63, 3.8) is 0 Å². The van der Waals surface area contributed by atoms with Gasteiger partial charge in [-0.25, -0.2) is 4.79 Å². The van der Waals surface area contributed by atoms with Crippen LogP contribution in [0.1, 0.15) is 25.3 Å². The Morgan fingerprint density at radius 3 is 2.14 bits per heavy atom. The van der Waals surface area contributed by atoms with Crippen LogP contribution < -0.4 is 23.6 Å². The van der Waals surface area contributed by atoms with E-state index in [0.29, 0.717) is 18.8 Å². The molecule has 10 heteroatoms. The third-order valence-electron chi connectivity index (χ3n) is 8.68. The van der Waals surface area contributed by atoms with Gasteiger partial charge < -0.3 is 9.47 Å². The van der Waals surface area contributed by atoms with Crippen LogP contribution >= 0.6 is 0 Å². The summed E-state index contributed by atoms with van der Waals surface area (Å²) in [6.45, 7) is 6.83. The molecule has 268 valence electrons. The molecule has 0 radical (unpaired) electrons. The second-order valence-electron chi connectivity index (χ2n) is 14.4. The van der Waals surface area contributed by atoms with Crippen molar-refractivity contribution in [3.05, 3.63) is 103 Å². The monoisotopic (exact) mass is 814 g/mol. The molecule has 1 N–H and O–H groups in total. The van der Waals surface area contributed by atoms with E-state index in [4.69, 9.17) is 19.5 Å². The SMILES string of the molecule is CC(Cc1ccc(-c2ccccc2)cc1)OC(=O)Nc1ccc([Si](C)(C)CCCCOc2ccc(OCC(=O)OCC#N)cc2)c[c]1[Sn]([CH3])([CH3])[CH3]. The van der Waals surface area contributed by atoms with Crippen LogP contribution in [0.15, 0.2) is 97.1 Å². The van der Waals surface area contributed by atoms with E-state index in [0.717, 1.165) is 35.9 Å². The molecule has 1 unspecified atom stereocenters. The van der Waals surface area contributed by atoms with E-state index in [9.17, 15) is 9.59 Å². The van der Waals surface area contributed by atoms with E-state index >= 15 is 0 Å². The second-order valence-corrected chi connectivity index (χ2v) is 33.6. The van der Waals surface area contributed by atoms with E-state index in [1.807, 2.05) is 37.3 Å². The molecule has 0 bridgehead atoms. The molecule has 0 fully saturated rings. The summed E-state index contributed by atoms with van der Waals surface area (Å²) < 4.78 is 23.1. The molecule has 4 rings (SSSR count). The standard InChI is InChI=1S/C38H41N2O6Si.3CH3.Sn/c1-29(27-30-11-13-32(14-12-30)31-9-5-4-6-10-31)46-38(42)40-33-15-21-36(22-16-33)47(2,3)26-8-7-24-43-34-17-19-35(20-18-34)45-28-37(41)44-25-23-39;;;;/h4-6,9-15,17-22,29H,7-8,24-28H2,1-3H3,(H,40,42);3*1H3;. The molecule has 0 saturated carbocycles. The number of ether oxygens (including phenoxy) is 4. The number of benzene rings is 4. The van der Waals surface area contributed by atoms with Crippen LogP contribution in [0.3, 0.4) is 0 Å². The van der Waals surface area contributed by atoms with Gasteiger partial charge in [0.2, 0.25) is 0 Å². The van der Waals surface area contributed by atoms with Crippen molar-refractivity contribution in [3.8, 4) is 28.7 Å². The maximum atomic E-state index is 13.1. The minimum absolute atomic E-state index is 0.251. The zero-order chi connectivity index (χ0) is 36.9. The number of nitrogens with one attached hydrogen (secondary N) is 1. The summed E-state index contributed by atoms with van der Waals surface area (Å²) in [6, 6.07) is 35.4. The molecule has 0 aliphatic rings. The number of nitriles is 1. The Labute approximate surface area is 308 Å². The van der Waals surface area contributed by atoms with Gasteiger partial charge in [-0.3, -0.25) is 0 Å². The molecule has 0 heterocycles. The van der Waals surface area contributed by atoms with Gasteiger partial charge in [-0.1, -0.05) is 30.3 Å². The van der Waals surface area contributed by atoms with E-state index in [-0.39, 0.29) is 19.3 Å². The second kappa shape index (κ2) is 18.8. The van der Waals surface area contributed by atoms with Crippen molar-refractivity contribution in [1.29, 1.82) is 5.26 Å². The number of nitrogens with zero attached hydrogens (tertiary/aromatic N) is 1. The molecule has 0 aromatic heterocycles. The van der Waals surface area contributed by atoms with Gasteiger partial charge in [-0.2, -0.15) is 5.26 Å². The van der Waals surface area contributed by atoms with Crippen LogP contribution in [0.5, 0.6) is 11.5 Å². The Kier molecular flexibility index (Phi) is 14.6. The number of carbonyl (C=O) groups is 2. The van der Waals surface area contributed by atoms with Gasteiger partial charge in [0.15, 0.2) is 13.2 Å². The van der Waals surface area contributed by atoms with Crippen molar-refractivity contribution >= 4 is 53.0 Å². The normalized spacial score (nSPS) is 11.9. The molecule has 0 spiro atoms. The van der Waals surface area contributed by atoms with E-state index in [2.05, 4.69) is 92.6 Å². The van der Waals surface area contributed by atoms with Gasteiger partial charge in [-0.05, 0) is 0 Å². The van der Waals surface area contributed by atoms with Crippen LogP contribution in [0.4, 0.5) is 10.5 Å². The van der Waals surface area contributed by atoms with E-state index in [1.165, 1.54) is 19.9 Å². The van der Waals surface area contributed by atoms with Crippen LogP contribution in [-0.2, 0) is 20.7 Å². The Bertz CT molecular complexity index is 1770. The van der Waals surface area contributed by atoms with Gasteiger partial charge in [-0.15, -0.1) is 0 Å². The van der Waals surface area contributed by atoms with Crippen LogP contribution in [0.25, 0.3) is 11.1 Å². The van der Waals surface area contributed by atoms with Crippen molar-refractivity contribution in [2.75, 3.05) is 25.1 Å². The van der Waals surface area contributed by atoms with E-state index < -0.39 is 38.5 Å². The molecular formula is C41H50N2O6SiSn. The molecule has 0 aliphatic carbocycles. The topological polar surface area (TPSA) is 107 Å². The molecule has 4 aromatic carbocycles. The van der Waals surface area contributed by atoms with E-state index in [1.54, 1.807) is 18.2 Å². The van der Waals surface area contributed by atoms with Gasteiger partial charge in [0, 0.05) is 0 Å². The Morgan fingerprint density at radius 1 is 0.843 bits per heavy atom. The quantitative estimate of drug-likeness (QED) is 0.0650. The van der Waals surface area contributed by atoms with Crippen molar-refractivity contribution in [1.82, 2.24) is 0 Å². The fourth-order valence-corrected chi connectivity index (χ4v) is 13.1. The number of amides is 1. The summed E-state index contributed by atoms with van der Waals surface area (Å²) in [7, 11) is -1.75. The van der Waals surface area contributed by atoms with Crippen molar-refractivity contribution in [2.24, 2.45) is 0 Å². The van der Waals surface area contributed by atoms with Crippen LogP contribution in [0, 0.1) is 11.3 Å². The maximum absolute atomic E-state index is 13.1. The third kappa shape index (κ3) is 12.8. The number of carbonyl (C=O) groups excluding carboxylic acids is 2. The zero-order valence-corrected chi connectivity index (χ0v) is 34.5. The first-order valence-corrected chi connectivity index (χ1v) is 30.7. The first kappa shape index (κ1) is 39.5. The summed E-state index contributed by atoms with van der Waals surface area (Å²) in [6.07, 6.45) is 1.95. The Balaban J connectivity index is 1.25. The molecule has 51 heavy (non-hydrogen) atoms. The van der Waals surface area contributed by atoms with Gasteiger partial charge in [0.05, 0.1) is 0 Å². The molecule has 0 aliphatic heterocycles. The summed E-state index contributed by atoms with van der Waals surface area (Å²) in [5.74, 6) is 0.676.